The Hall–Kier alpha value is -1.84. The molecular weight excluding hydrogens is 283 g/mol. The van der Waals surface area contributed by atoms with Crippen LogP contribution in [0.25, 0.3) is 0 Å². The quantitative estimate of drug-likeness (QED) is 0.517. The van der Waals surface area contributed by atoms with Gasteiger partial charge in [0.15, 0.2) is 5.41 Å². The summed E-state index contributed by atoms with van der Waals surface area (Å²) < 4.78 is 39.1. The summed E-state index contributed by atoms with van der Waals surface area (Å²) in [5.74, 6) is -4.13. The van der Waals surface area contributed by atoms with Gasteiger partial charge in [-0.3, -0.25) is 9.59 Å². The molecule has 0 aliphatic carbocycles. The van der Waals surface area contributed by atoms with Crippen molar-refractivity contribution in [2.45, 2.75) is 25.1 Å². The van der Waals surface area contributed by atoms with Crippen LogP contribution in [0, 0.1) is 5.41 Å². The van der Waals surface area contributed by atoms with Crippen LogP contribution in [-0.2, 0) is 14.4 Å². The number of carboxylic acid groups (broad SMARTS) is 1. The Labute approximate surface area is 111 Å². The number of alkyl halides is 3. The molecule has 1 aliphatic rings. The zero-order chi connectivity index (χ0) is 15.6. The van der Waals surface area contributed by atoms with Crippen LogP contribution in [0.4, 0.5) is 13.2 Å². The third-order valence-corrected chi connectivity index (χ3v) is 3.14. The normalized spacial score (nSPS) is 24.1. The lowest BCUT2D eigenvalue weighted by molar-refractivity contribution is -0.216. The summed E-state index contributed by atoms with van der Waals surface area (Å²) in [4.78, 5) is 33.3. The van der Waals surface area contributed by atoms with Crippen molar-refractivity contribution in [1.29, 1.82) is 0 Å². The number of halogens is 3. The van der Waals surface area contributed by atoms with Crippen molar-refractivity contribution in [1.82, 2.24) is 10.6 Å². The Balaban J connectivity index is 2.91. The van der Waals surface area contributed by atoms with Gasteiger partial charge in [-0.25, -0.2) is 4.79 Å². The summed E-state index contributed by atoms with van der Waals surface area (Å²) in [6, 6.07) is -1.78. The summed E-state index contributed by atoms with van der Waals surface area (Å²) in [5, 5.41) is 12.9. The first-order valence-corrected chi connectivity index (χ1v) is 5.69. The summed E-state index contributed by atoms with van der Waals surface area (Å²) in [7, 11) is 0. The van der Waals surface area contributed by atoms with Crippen LogP contribution in [0.2, 0.25) is 0 Å². The number of nitrogens with two attached hydrogens (primary N) is 1. The van der Waals surface area contributed by atoms with Crippen LogP contribution in [0.5, 0.6) is 0 Å². The number of nitrogens with one attached hydrogen (secondary N) is 2. The summed E-state index contributed by atoms with van der Waals surface area (Å²) in [6.07, 6.45) is -6.09. The molecule has 1 fully saturated rings. The highest BCUT2D eigenvalue weighted by atomic mass is 19.4. The second-order valence-corrected chi connectivity index (χ2v) is 4.54. The molecule has 7 nitrogen and oxygen atoms in total. The number of rotatable bonds is 5. The van der Waals surface area contributed by atoms with Gasteiger partial charge in [-0.1, -0.05) is 0 Å². The molecule has 1 rings (SSSR count). The third-order valence-electron chi connectivity index (χ3n) is 3.14. The van der Waals surface area contributed by atoms with Gasteiger partial charge in [0.25, 0.3) is 0 Å². The van der Waals surface area contributed by atoms with E-state index < -0.39 is 54.8 Å². The zero-order valence-electron chi connectivity index (χ0n) is 10.3. The second-order valence-electron chi connectivity index (χ2n) is 4.54. The van der Waals surface area contributed by atoms with E-state index in [1.54, 1.807) is 5.32 Å². The monoisotopic (exact) mass is 297 g/mol. The Morgan fingerprint density at radius 2 is 2.00 bits per heavy atom. The lowest BCUT2D eigenvalue weighted by Gasteiger charge is -2.30. The molecule has 1 unspecified atom stereocenters. The highest BCUT2D eigenvalue weighted by Crippen LogP contribution is 2.43. The van der Waals surface area contributed by atoms with E-state index in [9.17, 15) is 27.6 Å². The predicted molar refractivity (Wildman–Crippen MR) is 59.4 cm³/mol. The molecule has 5 N–H and O–H groups in total. The van der Waals surface area contributed by atoms with Crippen LogP contribution in [0.3, 0.4) is 0 Å². The number of hydrogen-bond donors (Lipinski definition) is 4. The van der Waals surface area contributed by atoms with Crippen molar-refractivity contribution >= 4 is 17.8 Å². The Kier molecular flexibility index (Phi) is 4.58. The van der Waals surface area contributed by atoms with E-state index in [-0.39, 0.29) is 6.54 Å². The van der Waals surface area contributed by atoms with E-state index in [0.717, 1.165) is 0 Å². The largest absolute Gasteiger partial charge is 0.480 e. The fourth-order valence-corrected chi connectivity index (χ4v) is 1.95. The van der Waals surface area contributed by atoms with Crippen LogP contribution in [0.15, 0.2) is 0 Å². The maximum atomic E-state index is 13.0. The molecule has 1 saturated heterocycles. The number of carboxylic acids is 1. The van der Waals surface area contributed by atoms with E-state index in [4.69, 9.17) is 10.8 Å². The average Bonchev–Trinajstić information content (AvgIpc) is 2.76. The molecule has 0 aromatic heterocycles. The van der Waals surface area contributed by atoms with Gasteiger partial charge in [-0.15, -0.1) is 0 Å². The molecule has 0 saturated carbocycles. The molecule has 10 heteroatoms. The van der Waals surface area contributed by atoms with Gasteiger partial charge in [0.05, 0.1) is 6.42 Å². The van der Waals surface area contributed by atoms with E-state index in [0.29, 0.717) is 0 Å². The van der Waals surface area contributed by atoms with Gasteiger partial charge in [0.1, 0.15) is 6.04 Å². The number of carbonyl (C=O) groups is 3. The molecule has 0 aromatic carbocycles. The van der Waals surface area contributed by atoms with Crippen LogP contribution >= 0.6 is 0 Å². The third kappa shape index (κ3) is 3.18. The lowest BCUT2D eigenvalue weighted by Crippen LogP contribution is -2.56. The number of aliphatic carboxylic acids is 1. The van der Waals surface area contributed by atoms with Crippen LogP contribution < -0.4 is 16.4 Å². The molecule has 2 atom stereocenters. The molecule has 0 bridgehead atoms. The fourth-order valence-electron chi connectivity index (χ4n) is 1.95. The molecule has 114 valence electrons. The van der Waals surface area contributed by atoms with Gasteiger partial charge in [0.2, 0.25) is 11.8 Å². The zero-order valence-corrected chi connectivity index (χ0v) is 10.3. The minimum absolute atomic E-state index is 0.0134. The number of carbonyl (C=O) groups excluding carboxylic acids is 2. The van der Waals surface area contributed by atoms with E-state index in [1.807, 2.05) is 0 Å². The predicted octanol–water partition coefficient (Wildman–Crippen LogP) is -1.03. The number of primary amides is 1. The number of amides is 2. The second kappa shape index (κ2) is 5.65. The molecule has 2 amide bonds. The topological polar surface area (TPSA) is 122 Å². The average molecular weight is 297 g/mol. The molecule has 0 spiro atoms. The minimum atomic E-state index is -4.82. The summed E-state index contributed by atoms with van der Waals surface area (Å²) >= 11 is 0. The fraction of sp³-hybridized carbons (Fsp3) is 0.700. The summed E-state index contributed by atoms with van der Waals surface area (Å²) in [6.45, 7) is -0.647. The van der Waals surface area contributed by atoms with Crippen molar-refractivity contribution in [3.8, 4) is 0 Å². The highest BCUT2D eigenvalue weighted by Gasteiger charge is 2.61. The Morgan fingerprint density at radius 3 is 2.35 bits per heavy atom. The summed E-state index contributed by atoms with van der Waals surface area (Å²) in [5.41, 5.74) is 2.11. The first-order valence-electron chi connectivity index (χ1n) is 5.69. The van der Waals surface area contributed by atoms with Crippen molar-refractivity contribution in [2.24, 2.45) is 11.1 Å². The smallest absolute Gasteiger partial charge is 0.404 e. The molecular formula is C10H14F3N3O4. The van der Waals surface area contributed by atoms with Crippen molar-refractivity contribution in [2.75, 3.05) is 13.1 Å². The maximum absolute atomic E-state index is 13.0. The van der Waals surface area contributed by atoms with Crippen molar-refractivity contribution < 1.29 is 32.7 Å². The Bertz CT molecular complexity index is 418. The number of hydrogen-bond acceptors (Lipinski definition) is 4. The van der Waals surface area contributed by atoms with Gasteiger partial charge in [-0.05, 0) is 13.0 Å². The van der Waals surface area contributed by atoms with Crippen LogP contribution in [0.1, 0.15) is 12.8 Å². The first-order chi connectivity index (χ1) is 9.10. The van der Waals surface area contributed by atoms with E-state index in [1.165, 1.54) is 0 Å². The molecule has 1 heterocycles. The highest BCUT2D eigenvalue weighted by molar-refractivity contribution is 5.91. The maximum Gasteiger partial charge on any atom is 0.404 e. The first kappa shape index (κ1) is 16.2. The van der Waals surface area contributed by atoms with E-state index >= 15 is 0 Å². The molecule has 20 heavy (non-hydrogen) atoms. The minimum Gasteiger partial charge on any atom is -0.480 e. The van der Waals surface area contributed by atoms with Gasteiger partial charge in [0, 0.05) is 6.54 Å². The van der Waals surface area contributed by atoms with Crippen molar-refractivity contribution in [3.63, 3.8) is 0 Å². The lowest BCUT2D eigenvalue weighted by atomic mass is 9.85. The van der Waals surface area contributed by atoms with Crippen molar-refractivity contribution in [3.05, 3.63) is 0 Å². The molecule has 0 radical (unpaired) electrons. The van der Waals surface area contributed by atoms with Gasteiger partial charge >= 0.3 is 12.1 Å². The van der Waals surface area contributed by atoms with E-state index in [2.05, 4.69) is 5.32 Å². The molecule has 1 aliphatic heterocycles. The van der Waals surface area contributed by atoms with Crippen LogP contribution in [-0.4, -0.2) is 48.2 Å². The van der Waals surface area contributed by atoms with Gasteiger partial charge < -0.3 is 21.5 Å². The molecule has 0 aromatic rings. The van der Waals surface area contributed by atoms with Gasteiger partial charge in [-0.2, -0.15) is 13.2 Å². The SMILES string of the molecule is NC(=O)C[C@H](NC(=O)C1(C(F)(F)F)CCNC1)C(=O)O. The Morgan fingerprint density at radius 1 is 1.40 bits per heavy atom. The standard InChI is InChI=1S/C10H14F3N3O4/c11-10(12,13)9(1-2-15-4-9)8(20)16-5(7(18)19)3-6(14)17/h5,15H,1-4H2,(H2,14,17)(H,16,20)(H,18,19)/t5-,9?/m0/s1.